The molecule has 0 bridgehead atoms. The molecule has 1 N–H and O–H groups in total. The number of nitro benzene ring substituents is 1. The van der Waals surface area contributed by atoms with Crippen LogP contribution in [0.25, 0.3) is 0 Å². The SMILES string of the molecule is COc1ccc([N+](=O)[O-])cc1C(=O)NCCN(C(C)C)C(C)C. The number of nitrogens with one attached hydrogen (secondary N) is 1. The summed E-state index contributed by atoms with van der Waals surface area (Å²) in [5.41, 5.74) is 0.0317. The van der Waals surface area contributed by atoms with Crippen molar-refractivity contribution >= 4 is 11.6 Å². The minimum absolute atomic E-state index is 0.137. The van der Waals surface area contributed by atoms with E-state index >= 15 is 0 Å². The van der Waals surface area contributed by atoms with E-state index in [-0.39, 0.29) is 17.2 Å². The van der Waals surface area contributed by atoms with Crippen LogP contribution < -0.4 is 10.1 Å². The van der Waals surface area contributed by atoms with Gasteiger partial charge >= 0.3 is 0 Å². The number of benzene rings is 1. The van der Waals surface area contributed by atoms with E-state index in [0.29, 0.717) is 30.9 Å². The van der Waals surface area contributed by atoms with Crippen LogP contribution in [0.4, 0.5) is 5.69 Å². The number of methoxy groups -OCH3 is 1. The van der Waals surface area contributed by atoms with Crippen LogP contribution in [0.15, 0.2) is 18.2 Å². The molecule has 7 nitrogen and oxygen atoms in total. The molecule has 0 spiro atoms. The highest BCUT2D eigenvalue weighted by Gasteiger charge is 2.18. The lowest BCUT2D eigenvalue weighted by atomic mass is 10.1. The molecule has 0 radical (unpaired) electrons. The molecule has 1 amide bonds. The van der Waals surface area contributed by atoms with E-state index in [0.717, 1.165) is 0 Å². The molecule has 0 heterocycles. The highest BCUT2D eigenvalue weighted by atomic mass is 16.6. The number of ether oxygens (including phenoxy) is 1. The number of nitrogens with zero attached hydrogens (tertiary/aromatic N) is 2. The highest BCUT2D eigenvalue weighted by Crippen LogP contribution is 2.23. The van der Waals surface area contributed by atoms with Crippen LogP contribution >= 0.6 is 0 Å². The fourth-order valence-corrected chi connectivity index (χ4v) is 2.49. The van der Waals surface area contributed by atoms with Crippen molar-refractivity contribution in [3.05, 3.63) is 33.9 Å². The van der Waals surface area contributed by atoms with Gasteiger partial charge in [-0.15, -0.1) is 0 Å². The van der Waals surface area contributed by atoms with Crippen LogP contribution in [0.5, 0.6) is 5.75 Å². The van der Waals surface area contributed by atoms with Gasteiger partial charge in [-0.25, -0.2) is 0 Å². The van der Waals surface area contributed by atoms with Gasteiger partial charge in [0, 0.05) is 37.3 Å². The first-order valence-corrected chi connectivity index (χ1v) is 7.64. The number of hydrogen-bond donors (Lipinski definition) is 1. The molecular weight excluding hydrogens is 298 g/mol. The Hall–Kier alpha value is -2.15. The number of carbonyl (C=O) groups excluding carboxylic acids is 1. The average Bonchev–Trinajstić information content (AvgIpc) is 2.49. The molecule has 128 valence electrons. The van der Waals surface area contributed by atoms with Crippen LogP contribution in [0.1, 0.15) is 38.1 Å². The summed E-state index contributed by atoms with van der Waals surface area (Å²) in [5, 5.41) is 13.7. The first kappa shape index (κ1) is 18.9. The van der Waals surface area contributed by atoms with E-state index in [1.807, 2.05) is 0 Å². The Balaban J connectivity index is 2.78. The second-order valence-electron chi connectivity index (χ2n) is 5.82. The molecule has 0 aliphatic carbocycles. The van der Waals surface area contributed by atoms with Gasteiger partial charge in [-0.05, 0) is 33.8 Å². The third-order valence-corrected chi connectivity index (χ3v) is 3.62. The van der Waals surface area contributed by atoms with Crippen molar-refractivity contribution in [3.63, 3.8) is 0 Å². The van der Waals surface area contributed by atoms with Crippen LogP contribution in [0.3, 0.4) is 0 Å². The monoisotopic (exact) mass is 323 g/mol. The van der Waals surface area contributed by atoms with E-state index in [1.165, 1.54) is 25.3 Å². The molecule has 0 unspecified atom stereocenters. The van der Waals surface area contributed by atoms with Gasteiger partial charge in [0.2, 0.25) is 0 Å². The van der Waals surface area contributed by atoms with E-state index in [2.05, 4.69) is 37.9 Å². The average molecular weight is 323 g/mol. The number of amides is 1. The minimum Gasteiger partial charge on any atom is -0.496 e. The number of carbonyl (C=O) groups is 1. The number of rotatable bonds is 8. The summed E-state index contributed by atoms with van der Waals surface area (Å²) >= 11 is 0. The number of hydrogen-bond acceptors (Lipinski definition) is 5. The molecule has 0 aliphatic rings. The molecule has 7 heteroatoms. The van der Waals surface area contributed by atoms with Gasteiger partial charge in [0.15, 0.2) is 0 Å². The second-order valence-corrected chi connectivity index (χ2v) is 5.82. The Morgan fingerprint density at radius 1 is 1.30 bits per heavy atom. The quantitative estimate of drug-likeness (QED) is 0.587. The van der Waals surface area contributed by atoms with Crippen LogP contribution in [0.2, 0.25) is 0 Å². The van der Waals surface area contributed by atoms with Gasteiger partial charge in [0.1, 0.15) is 5.75 Å². The first-order chi connectivity index (χ1) is 10.8. The minimum atomic E-state index is -0.532. The van der Waals surface area contributed by atoms with Gasteiger partial charge in [0.05, 0.1) is 17.6 Å². The standard InChI is InChI=1S/C16H25N3O4/c1-11(2)18(12(3)4)9-8-17-16(20)14-10-13(19(21)22)6-7-15(14)23-5/h6-7,10-12H,8-9H2,1-5H3,(H,17,20). The lowest BCUT2D eigenvalue weighted by Gasteiger charge is -2.30. The number of non-ortho nitro benzene ring substituents is 1. The molecule has 0 saturated heterocycles. The summed E-state index contributed by atoms with van der Waals surface area (Å²) in [6.07, 6.45) is 0. The molecule has 0 atom stereocenters. The van der Waals surface area contributed by atoms with Crippen molar-refractivity contribution in [2.75, 3.05) is 20.2 Å². The van der Waals surface area contributed by atoms with E-state index < -0.39 is 4.92 Å². The molecule has 1 rings (SSSR count). The van der Waals surface area contributed by atoms with Gasteiger partial charge in [0.25, 0.3) is 11.6 Å². The topological polar surface area (TPSA) is 84.7 Å². The zero-order chi connectivity index (χ0) is 17.6. The summed E-state index contributed by atoms with van der Waals surface area (Å²) in [7, 11) is 1.43. The van der Waals surface area contributed by atoms with Crippen molar-refractivity contribution in [2.24, 2.45) is 0 Å². The molecule has 1 aromatic rings. The zero-order valence-corrected chi connectivity index (χ0v) is 14.3. The molecule has 0 aliphatic heterocycles. The highest BCUT2D eigenvalue weighted by molar-refractivity contribution is 5.97. The Kier molecular flexibility index (Phi) is 6.96. The Labute approximate surface area is 136 Å². The van der Waals surface area contributed by atoms with Gasteiger partial charge in [-0.2, -0.15) is 0 Å². The van der Waals surface area contributed by atoms with E-state index in [4.69, 9.17) is 4.74 Å². The lowest BCUT2D eigenvalue weighted by molar-refractivity contribution is -0.384. The summed E-state index contributed by atoms with van der Waals surface area (Å²) < 4.78 is 5.11. The molecule has 23 heavy (non-hydrogen) atoms. The van der Waals surface area contributed by atoms with Gasteiger partial charge in [-0.1, -0.05) is 0 Å². The van der Waals surface area contributed by atoms with Gasteiger partial charge in [-0.3, -0.25) is 19.8 Å². The predicted molar refractivity (Wildman–Crippen MR) is 89.0 cm³/mol. The fourth-order valence-electron chi connectivity index (χ4n) is 2.49. The molecule has 0 saturated carbocycles. The zero-order valence-electron chi connectivity index (χ0n) is 14.3. The maximum absolute atomic E-state index is 12.3. The maximum atomic E-state index is 12.3. The van der Waals surface area contributed by atoms with Crippen molar-refractivity contribution < 1.29 is 14.5 Å². The number of nitro groups is 1. The van der Waals surface area contributed by atoms with Crippen LogP contribution in [-0.2, 0) is 0 Å². The summed E-state index contributed by atoms with van der Waals surface area (Å²) in [4.78, 5) is 24.9. The summed E-state index contributed by atoms with van der Waals surface area (Å²) in [6, 6.07) is 4.73. The van der Waals surface area contributed by atoms with Crippen molar-refractivity contribution in [1.29, 1.82) is 0 Å². The Bertz CT molecular complexity index is 550. The Morgan fingerprint density at radius 2 is 1.91 bits per heavy atom. The third-order valence-electron chi connectivity index (χ3n) is 3.62. The van der Waals surface area contributed by atoms with E-state index in [1.54, 1.807) is 0 Å². The smallest absolute Gasteiger partial charge is 0.270 e. The van der Waals surface area contributed by atoms with Crippen molar-refractivity contribution in [3.8, 4) is 5.75 Å². The first-order valence-electron chi connectivity index (χ1n) is 7.64. The largest absolute Gasteiger partial charge is 0.496 e. The molecular formula is C16H25N3O4. The second kappa shape index (κ2) is 8.47. The normalized spacial score (nSPS) is 11.1. The van der Waals surface area contributed by atoms with E-state index in [9.17, 15) is 14.9 Å². The third kappa shape index (κ3) is 5.21. The summed E-state index contributed by atoms with van der Waals surface area (Å²) in [5.74, 6) is -0.0595. The van der Waals surface area contributed by atoms with Crippen LogP contribution in [0, 0.1) is 10.1 Å². The fraction of sp³-hybridized carbons (Fsp3) is 0.562. The lowest BCUT2D eigenvalue weighted by Crippen LogP contribution is -2.42. The summed E-state index contributed by atoms with van der Waals surface area (Å²) in [6.45, 7) is 9.58. The van der Waals surface area contributed by atoms with Crippen molar-refractivity contribution in [2.45, 2.75) is 39.8 Å². The predicted octanol–water partition coefficient (Wildman–Crippen LogP) is 2.45. The van der Waals surface area contributed by atoms with Gasteiger partial charge < -0.3 is 10.1 Å². The Morgan fingerprint density at radius 3 is 2.39 bits per heavy atom. The van der Waals surface area contributed by atoms with Crippen LogP contribution in [-0.4, -0.2) is 48.0 Å². The molecule has 0 fully saturated rings. The molecule has 0 aromatic heterocycles. The molecule has 1 aromatic carbocycles. The maximum Gasteiger partial charge on any atom is 0.270 e. The van der Waals surface area contributed by atoms with Crippen molar-refractivity contribution in [1.82, 2.24) is 10.2 Å².